The number of ether oxygens (including phenoxy) is 1. The van der Waals surface area contributed by atoms with E-state index in [0.29, 0.717) is 37.4 Å². The van der Waals surface area contributed by atoms with Crippen molar-refractivity contribution in [3.05, 3.63) is 29.6 Å². The molecular formula is C14H17N3O2. The fraction of sp³-hybridized carbons (Fsp3) is 0.571. The Morgan fingerprint density at radius 2 is 2.11 bits per heavy atom. The minimum absolute atomic E-state index is 0.213. The van der Waals surface area contributed by atoms with Crippen molar-refractivity contribution < 1.29 is 9.84 Å². The number of pyridine rings is 1. The van der Waals surface area contributed by atoms with Crippen LogP contribution in [0.25, 0.3) is 0 Å². The molecule has 5 heteroatoms. The fourth-order valence-corrected chi connectivity index (χ4v) is 3.11. The van der Waals surface area contributed by atoms with Crippen molar-refractivity contribution in [2.24, 2.45) is 0 Å². The van der Waals surface area contributed by atoms with E-state index in [1.54, 1.807) is 12.1 Å². The second-order valence-electron chi connectivity index (χ2n) is 5.47. The summed E-state index contributed by atoms with van der Waals surface area (Å²) in [6.45, 7) is 1.29. The van der Waals surface area contributed by atoms with Crippen LogP contribution < -0.4 is 0 Å². The number of morpholine rings is 1. The van der Waals surface area contributed by atoms with Gasteiger partial charge >= 0.3 is 0 Å². The van der Waals surface area contributed by atoms with Gasteiger partial charge in [0.2, 0.25) is 0 Å². The van der Waals surface area contributed by atoms with E-state index in [1.807, 2.05) is 12.1 Å². The second kappa shape index (κ2) is 4.57. The van der Waals surface area contributed by atoms with E-state index in [-0.39, 0.29) is 12.1 Å². The predicted molar refractivity (Wildman–Crippen MR) is 68.2 cm³/mol. The van der Waals surface area contributed by atoms with Gasteiger partial charge in [0.25, 0.3) is 0 Å². The summed E-state index contributed by atoms with van der Waals surface area (Å²) >= 11 is 0. The number of hydrogen-bond acceptors (Lipinski definition) is 5. The first-order valence-electron chi connectivity index (χ1n) is 6.52. The van der Waals surface area contributed by atoms with Crippen molar-refractivity contribution in [3.63, 3.8) is 0 Å². The van der Waals surface area contributed by atoms with Crippen molar-refractivity contribution in [2.45, 2.75) is 30.5 Å². The number of aliphatic hydroxyl groups is 1. The zero-order valence-electron chi connectivity index (χ0n) is 10.9. The normalized spacial score (nSPS) is 34.8. The molecule has 0 radical (unpaired) electrons. The summed E-state index contributed by atoms with van der Waals surface area (Å²) in [5.41, 5.74) is 0.0150. The lowest BCUT2D eigenvalue weighted by atomic mass is 9.79. The van der Waals surface area contributed by atoms with Gasteiger partial charge in [0.1, 0.15) is 17.4 Å². The molecule has 1 N–H and O–H groups in total. The SMILES string of the molecule is CN1C2COCC1CC(O)(c1cccc(C#N)n1)C2. The highest BCUT2D eigenvalue weighted by molar-refractivity contribution is 5.26. The molecule has 0 spiro atoms. The molecule has 2 fully saturated rings. The molecule has 2 aliphatic heterocycles. The molecule has 19 heavy (non-hydrogen) atoms. The van der Waals surface area contributed by atoms with Crippen molar-refractivity contribution in [1.29, 1.82) is 5.26 Å². The quantitative estimate of drug-likeness (QED) is 0.801. The Morgan fingerprint density at radius 3 is 2.74 bits per heavy atom. The second-order valence-corrected chi connectivity index (χ2v) is 5.47. The molecule has 1 aromatic heterocycles. The third kappa shape index (κ3) is 2.12. The van der Waals surface area contributed by atoms with Gasteiger partial charge in [-0.15, -0.1) is 0 Å². The monoisotopic (exact) mass is 259 g/mol. The molecule has 100 valence electrons. The number of nitrogens with zero attached hydrogens (tertiary/aromatic N) is 3. The minimum atomic E-state index is -0.946. The molecule has 2 unspecified atom stereocenters. The van der Waals surface area contributed by atoms with E-state index < -0.39 is 5.60 Å². The van der Waals surface area contributed by atoms with Gasteiger partial charge in [-0.1, -0.05) is 6.07 Å². The first-order valence-corrected chi connectivity index (χ1v) is 6.52. The lowest BCUT2D eigenvalue weighted by Gasteiger charge is -2.49. The van der Waals surface area contributed by atoms with Crippen molar-refractivity contribution >= 4 is 0 Å². The highest BCUT2D eigenvalue weighted by Gasteiger charge is 2.46. The van der Waals surface area contributed by atoms with Gasteiger partial charge in [-0.25, -0.2) is 4.98 Å². The van der Waals surface area contributed by atoms with Gasteiger partial charge < -0.3 is 9.84 Å². The van der Waals surface area contributed by atoms with Gasteiger partial charge in [0, 0.05) is 12.1 Å². The van der Waals surface area contributed by atoms with E-state index in [4.69, 9.17) is 10.00 Å². The van der Waals surface area contributed by atoms with E-state index in [9.17, 15) is 5.11 Å². The van der Waals surface area contributed by atoms with Crippen LogP contribution in [0.3, 0.4) is 0 Å². The number of aromatic nitrogens is 1. The Hall–Kier alpha value is -1.48. The molecule has 2 saturated heterocycles. The average molecular weight is 259 g/mol. The van der Waals surface area contributed by atoms with Crippen LogP contribution in [-0.2, 0) is 10.3 Å². The van der Waals surface area contributed by atoms with Crippen LogP contribution in [-0.4, -0.2) is 47.3 Å². The Morgan fingerprint density at radius 1 is 1.42 bits per heavy atom. The molecule has 5 nitrogen and oxygen atoms in total. The summed E-state index contributed by atoms with van der Waals surface area (Å²) in [4.78, 5) is 6.55. The van der Waals surface area contributed by atoms with E-state index in [0.717, 1.165) is 0 Å². The summed E-state index contributed by atoms with van der Waals surface area (Å²) in [6.07, 6.45) is 1.20. The van der Waals surface area contributed by atoms with Crippen molar-refractivity contribution in [1.82, 2.24) is 9.88 Å². The van der Waals surface area contributed by atoms with Crippen LogP contribution in [0.2, 0.25) is 0 Å². The number of nitriles is 1. The van der Waals surface area contributed by atoms with E-state index >= 15 is 0 Å². The Kier molecular flexibility index (Phi) is 3.02. The highest BCUT2D eigenvalue weighted by atomic mass is 16.5. The Bertz CT molecular complexity index is 512. The molecule has 2 bridgehead atoms. The summed E-state index contributed by atoms with van der Waals surface area (Å²) < 4.78 is 5.56. The number of hydrogen-bond donors (Lipinski definition) is 1. The average Bonchev–Trinajstić information content (AvgIpc) is 2.41. The van der Waals surface area contributed by atoms with Crippen molar-refractivity contribution in [3.8, 4) is 6.07 Å². The standard InChI is InChI=1S/C14H17N3O2/c1-17-11-5-14(18,6-12(17)9-19-8-11)13-4-2-3-10(7-15)16-13/h2-4,11-12,18H,5-6,8-9H2,1H3. The largest absolute Gasteiger partial charge is 0.383 e. The van der Waals surface area contributed by atoms with Crippen LogP contribution in [0.15, 0.2) is 18.2 Å². The number of piperidine rings is 1. The molecule has 3 rings (SSSR count). The third-order valence-corrected chi connectivity index (χ3v) is 4.26. The van der Waals surface area contributed by atoms with Crippen LogP contribution >= 0.6 is 0 Å². The first-order chi connectivity index (χ1) is 9.12. The maximum absolute atomic E-state index is 10.9. The molecule has 3 heterocycles. The maximum Gasteiger partial charge on any atom is 0.140 e. The fourth-order valence-electron chi connectivity index (χ4n) is 3.11. The zero-order valence-corrected chi connectivity index (χ0v) is 10.9. The molecule has 0 aliphatic carbocycles. The smallest absolute Gasteiger partial charge is 0.140 e. The Balaban J connectivity index is 1.93. The Labute approximate surface area is 112 Å². The van der Waals surface area contributed by atoms with Crippen molar-refractivity contribution in [2.75, 3.05) is 20.3 Å². The molecule has 0 aromatic carbocycles. The summed E-state index contributed by atoms with van der Waals surface area (Å²) in [5.74, 6) is 0. The maximum atomic E-state index is 10.9. The topological polar surface area (TPSA) is 69.4 Å². The molecular weight excluding hydrogens is 242 g/mol. The first kappa shape index (κ1) is 12.5. The molecule has 2 aliphatic rings. The molecule has 0 amide bonds. The highest BCUT2D eigenvalue weighted by Crippen LogP contribution is 2.39. The number of rotatable bonds is 1. The molecule has 1 aromatic rings. The minimum Gasteiger partial charge on any atom is -0.383 e. The van der Waals surface area contributed by atoms with Gasteiger partial charge in [0.15, 0.2) is 0 Å². The van der Waals surface area contributed by atoms with Crippen LogP contribution in [0, 0.1) is 11.3 Å². The third-order valence-electron chi connectivity index (χ3n) is 4.26. The predicted octanol–water partition coefficient (Wildman–Crippen LogP) is 0.634. The van der Waals surface area contributed by atoms with Gasteiger partial charge in [-0.3, -0.25) is 4.90 Å². The number of fused-ring (bicyclic) bond motifs is 2. The zero-order chi connectivity index (χ0) is 13.5. The van der Waals surface area contributed by atoms with Crippen LogP contribution in [0.1, 0.15) is 24.2 Å². The number of likely N-dealkylation sites (N-methyl/N-ethyl adjacent to an activating group) is 1. The summed E-state index contributed by atoms with van der Waals surface area (Å²) in [7, 11) is 2.08. The molecule has 2 atom stereocenters. The lowest BCUT2D eigenvalue weighted by molar-refractivity contribution is -0.139. The van der Waals surface area contributed by atoms with Crippen LogP contribution in [0.5, 0.6) is 0 Å². The van der Waals surface area contributed by atoms with E-state index in [1.165, 1.54) is 0 Å². The van der Waals surface area contributed by atoms with Gasteiger partial charge in [0.05, 0.1) is 18.9 Å². The van der Waals surface area contributed by atoms with E-state index in [2.05, 4.69) is 16.9 Å². The summed E-state index contributed by atoms with van der Waals surface area (Å²) in [5, 5.41) is 19.9. The molecule has 0 saturated carbocycles. The van der Waals surface area contributed by atoms with Crippen LogP contribution in [0.4, 0.5) is 0 Å². The van der Waals surface area contributed by atoms with Gasteiger partial charge in [-0.05, 0) is 32.0 Å². The lowest BCUT2D eigenvalue weighted by Crippen LogP contribution is -2.59. The van der Waals surface area contributed by atoms with Gasteiger partial charge in [-0.2, -0.15) is 5.26 Å². The summed E-state index contributed by atoms with van der Waals surface area (Å²) in [6, 6.07) is 7.70.